The molecule has 0 radical (unpaired) electrons. The lowest BCUT2D eigenvalue weighted by molar-refractivity contribution is 0.0782. The zero-order chi connectivity index (χ0) is 15.8. The molecule has 1 atom stereocenters. The van der Waals surface area contributed by atoms with E-state index in [0.717, 1.165) is 0 Å². The van der Waals surface area contributed by atoms with Gasteiger partial charge in [0.05, 0.1) is 6.10 Å². The highest BCUT2D eigenvalue weighted by atomic mass is 19.3. The first-order chi connectivity index (χ1) is 9.90. The molecule has 21 heavy (non-hydrogen) atoms. The number of amides is 1. The molecule has 5 nitrogen and oxygen atoms in total. The van der Waals surface area contributed by atoms with Crippen LogP contribution in [0.3, 0.4) is 0 Å². The summed E-state index contributed by atoms with van der Waals surface area (Å²) in [5, 5.41) is 12.2. The molecule has 2 N–H and O–H groups in total. The summed E-state index contributed by atoms with van der Waals surface area (Å²) < 4.78 is 29.2. The molecule has 0 bridgehead atoms. The summed E-state index contributed by atoms with van der Waals surface area (Å²) in [6.45, 7) is 3.18. The number of pyridine rings is 1. The number of aliphatic hydroxyl groups excluding tert-OH is 1. The minimum atomic E-state index is -2.63. The second-order valence-electron chi connectivity index (χ2n) is 5.05. The highest BCUT2D eigenvalue weighted by Gasteiger charge is 2.16. The van der Waals surface area contributed by atoms with Crippen LogP contribution in [0.5, 0.6) is 5.75 Å². The number of hydrogen-bond donors (Lipinski definition) is 2. The topological polar surface area (TPSA) is 71.5 Å². The summed E-state index contributed by atoms with van der Waals surface area (Å²) in [6.07, 6.45) is -1.37. The number of carbonyl (C=O) groups excluding carboxylic acids is 1. The van der Waals surface area contributed by atoms with Crippen LogP contribution < -0.4 is 10.1 Å². The third-order valence-corrected chi connectivity index (χ3v) is 2.59. The van der Waals surface area contributed by atoms with Crippen molar-refractivity contribution in [2.24, 2.45) is 5.92 Å². The van der Waals surface area contributed by atoms with Crippen molar-refractivity contribution in [3.05, 3.63) is 24.0 Å². The van der Waals surface area contributed by atoms with Crippen LogP contribution in [-0.2, 0) is 0 Å². The SMILES string of the molecule is CC(C)CC(O)CNC(=O)c1ncccc1OCC(F)F. The van der Waals surface area contributed by atoms with Crippen molar-refractivity contribution in [1.29, 1.82) is 0 Å². The average Bonchev–Trinajstić information content (AvgIpc) is 2.42. The number of nitrogens with one attached hydrogen (secondary N) is 1. The zero-order valence-corrected chi connectivity index (χ0v) is 12.1. The molecule has 0 saturated heterocycles. The average molecular weight is 302 g/mol. The molecule has 1 rings (SSSR count). The maximum atomic E-state index is 12.1. The van der Waals surface area contributed by atoms with E-state index in [9.17, 15) is 18.7 Å². The standard InChI is InChI=1S/C14H20F2N2O3/c1-9(2)6-10(19)7-18-14(20)13-11(4-3-5-17-13)21-8-12(15)16/h3-5,9-10,12,19H,6-8H2,1-2H3,(H,18,20). The Balaban J connectivity index is 2.61. The van der Waals surface area contributed by atoms with Crippen LogP contribution >= 0.6 is 0 Å². The van der Waals surface area contributed by atoms with Crippen LogP contribution in [0, 0.1) is 5.92 Å². The van der Waals surface area contributed by atoms with Crippen molar-refractivity contribution in [2.75, 3.05) is 13.2 Å². The van der Waals surface area contributed by atoms with Crippen LogP contribution in [-0.4, -0.2) is 41.7 Å². The van der Waals surface area contributed by atoms with Gasteiger partial charge in [-0.15, -0.1) is 0 Å². The van der Waals surface area contributed by atoms with E-state index in [1.165, 1.54) is 18.3 Å². The lowest BCUT2D eigenvalue weighted by atomic mass is 10.1. The normalized spacial score (nSPS) is 12.5. The fourth-order valence-electron chi connectivity index (χ4n) is 1.75. The Morgan fingerprint density at radius 2 is 2.19 bits per heavy atom. The molecule has 118 valence electrons. The molecular weight excluding hydrogens is 282 g/mol. The molecule has 1 heterocycles. The van der Waals surface area contributed by atoms with Crippen LogP contribution in [0.4, 0.5) is 8.78 Å². The first-order valence-electron chi connectivity index (χ1n) is 6.72. The Bertz CT molecular complexity index is 456. The quantitative estimate of drug-likeness (QED) is 0.769. The third kappa shape index (κ3) is 6.48. The minimum Gasteiger partial charge on any atom is -0.485 e. The van der Waals surface area contributed by atoms with E-state index in [-0.39, 0.29) is 18.0 Å². The number of aromatic nitrogens is 1. The highest BCUT2D eigenvalue weighted by Crippen LogP contribution is 2.16. The number of rotatable bonds is 8. The van der Waals surface area contributed by atoms with Crippen molar-refractivity contribution in [2.45, 2.75) is 32.8 Å². The van der Waals surface area contributed by atoms with E-state index >= 15 is 0 Å². The smallest absolute Gasteiger partial charge is 0.273 e. The van der Waals surface area contributed by atoms with E-state index in [1.807, 2.05) is 13.8 Å². The van der Waals surface area contributed by atoms with Gasteiger partial charge in [-0.05, 0) is 24.5 Å². The monoisotopic (exact) mass is 302 g/mol. The molecule has 1 amide bonds. The second kappa shape index (κ2) is 8.51. The molecule has 0 spiro atoms. The van der Waals surface area contributed by atoms with Crippen molar-refractivity contribution >= 4 is 5.91 Å². The fourth-order valence-corrected chi connectivity index (χ4v) is 1.75. The summed E-state index contributed by atoms with van der Waals surface area (Å²) in [5.74, 6) is -0.270. The number of ether oxygens (including phenoxy) is 1. The Kier molecular flexibility index (Phi) is 7.01. The van der Waals surface area contributed by atoms with E-state index in [0.29, 0.717) is 12.3 Å². The summed E-state index contributed by atoms with van der Waals surface area (Å²) in [7, 11) is 0. The number of halogens is 2. The Labute approximate surface area is 122 Å². The number of nitrogens with zero attached hydrogens (tertiary/aromatic N) is 1. The number of hydrogen-bond acceptors (Lipinski definition) is 4. The molecule has 1 aromatic heterocycles. The highest BCUT2D eigenvalue weighted by molar-refractivity contribution is 5.94. The number of aliphatic hydroxyl groups is 1. The van der Waals surface area contributed by atoms with Gasteiger partial charge in [-0.1, -0.05) is 13.8 Å². The molecule has 1 unspecified atom stereocenters. The van der Waals surface area contributed by atoms with Crippen molar-refractivity contribution < 1.29 is 23.4 Å². The first kappa shape index (κ1) is 17.3. The van der Waals surface area contributed by atoms with Gasteiger partial charge in [-0.3, -0.25) is 4.79 Å². The molecule has 0 fully saturated rings. The molecule has 0 aliphatic carbocycles. The first-order valence-corrected chi connectivity index (χ1v) is 6.72. The zero-order valence-electron chi connectivity index (χ0n) is 12.1. The summed E-state index contributed by atoms with van der Waals surface area (Å²) in [5.41, 5.74) is -0.0742. The summed E-state index contributed by atoms with van der Waals surface area (Å²) >= 11 is 0. The maximum absolute atomic E-state index is 12.1. The number of alkyl halides is 2. The molecule has 7 heteroatoms. The second-order valence-corrected chi connectivity index (χ2v) is 5.05. The molecular formula is C14H20F2N2O3. The van der Waals surface area contributed by atoms with E-state index in [4.69, 9.17) is 4.74 Å². The third-order valence-electron chi connectivity index (χ3n) is 2.59. The van der Waals surface area contributed by atoms with Crippen molar-refractivity contribution in [3.8, 4) is 5.75 Å². The van der Waals surface area contributed by atoms with Gasteiger partial charge in [0.2, 0.25) is 0 Å². The lowest BCUT2D eigenvalue weighted by Crippen LogP contribution is -2.33. The van der Waals surface area contributed by atoms with E-state index in [2.05, 4.69) is 10.3 Å². The van der Waals surface area contributed by atoms with Crippen LogP contribution in [0.2, 0.25) is 0 Å². The van der Waals surface area contributed by atoms with Gasteiger partial charge in [-0.25, -0.2) is 13.8 Å². The largest absolute Gasteiger partial charge is 0.485 e. The van der Waals surface area contributed by atoms with Gasteiger partial charge in [0, 0.05) is 12.7 Å². The summed E-state index contributed by atoms with van der Waals surface area (Å²) in [4.78, 5) is 15.8. The number of carbonyl (C=O) groups is 1. The van der Waals surface area contributed by atoms with Crippen molar-refractivity contribution in [1.82, 2.24) is 10.3 Å². The summed E-state index contributed by atoms with van der Waals surface area (Å²) in [6, 6.07) is 2.89. The Morgan fingerprint density at radius 3 is 2.81 bits per heavy atom. The fraction of sp³-hybridized carbons (Fsp3) is 0.571. The molecule has 0 saturated carbocycles. The van der Waals surface area contributed by atoms with Gasteiger partial charge >= 0.3 is 0 Å². The Morgan fingerprint density at radius 1 is 1.48 bits per heavy atom. The molecule has 0 aliphatic heterocycles. The molecule has 0 aliphatic rings. The maximum Gasteiger partial charge on any atom is 0.273 e. The van der Waals surface area contributed by atoms with Gasteiger partial charge in [0.15, 0.2) is 11.4 Å². The van der Waals surface area contributed by atoms with Crippen molar-refractivity contribution in [3.63, 3.8) is 0 Å². The Hall–Kier alpha value is -1.76. The van der Waals surface area contributed by atoms with Crippen LogP contribution in [0.15, 0.2) is 18.3 Å². The van der Waals surface area contributed by atoms with Gasteiger partial charge in [-0.2, -0.15) is 0 Å². The van der Waals surface area contributed by atoms with Gasteiger partial charge in [0.1, 0.15) is 6.61 Å². The van der Waals surface area contributed by atoms with E-state index < -0.39 is 25.0 Å². The van der Waals surface area contributed by atoms with Crippen LogP contribution in [0.25, 0.3) is 0 Å². The molecule has 1 aromatic rings. The van der Waals surface area contributed by atoms with Gasteiger partial charge < -0.3 is 15.2 Å². The molecule has 0 aromatic carbocycles. The lowest BCUT2D eigenvalue weighted by Gasteiger charge is -2.14. The van der Waals surface area contributed by atoms with Crippen LogP contribution in [0.1, 0.15) is 30.8 Å². The minimum absolute atomic E-state index is 0.00588. The predicted molar refractivity (Wildman–Crippen MR) is 73.5 cm³/mol. The van der Waals surface area contributed by atoms with E-state index in [1.54, 1.807) is 0 Å². The predicted octanol–water partition coefficient (Wildman–Crippen LogP) is 1.86. The van der Waals surface area contributed by atoms with Gasteiger partial charge in [0.25, 0.3) is 12.3 Å².